The highest BCUT2D eigenvalue weighted by Crippen LogP contribution is 2.39. The average molecular weight is 683 g/mol. The molecular weight excluding hydrogens is 657 g/mol. The summed E-state index contributed by atoms with van der Waals surface area (Å²) < 4.78 is 51.0. The number of hydrogen-bond acceptors (Lipinski definition) is 8. The Hall–Kier alpha value is -2.94. The van der Waals surface area contributed by atoms with E-state index in [-0.39, 0.29) is 16.5 Å². The van der Waals surface area contributed by atoms with Crippen molar-refractivity contribution in [3.63, 3.8) is 0 Å². The molecule has 14 heteroatoms. The lowest BCUT2D eigenvalue weighted by Gasteiger charge is -2.27. The van der Waals surface area contributed by atoms with Gasteiger partial charge in [0.15, 0.2) is 0 Å². The molecule has 1 aromatic heterocycles. The quantitative estimate of drug-likeness (QED) is 0.136. The van der Waals surface area contributed by atoms with Gasteiger partial charge in [0.1, 0.15) is 10.1 Å². The van der Waals surface area contributed by atoms with E-state index >= 15 is 0 Å². The summed E-state index contributed by atoms with van der Waals surface area (Å²) in [6.07, 6.45) is -2.32. The van der Waals surface area contributed by atoms with Crippen LogP contribution in [0.4, 0.5) is 13.2 Å². The molecule has 0 radical (unpaired) electrons. The molecule has 7 nitrogen and oxygen atoms in total. The number of thioether (sulfide) groups is 1. The average Bonchev–Trinajstić information content (AvgIpc) is 3.55. The number of thiocarbonyl (C=S) groups is 1. The van der Waals surface area contributed by atoms with Gasteiger partial charge in [-0.3, -0.25) is 14.6 Å². The number of thiophene rings is 1. The number of amides is 1. The number of rotatable bonds is 10. The molecule has 0 spiro atoms. The van der Waals surface area contributed by atoms with Crippen molar-refractivity contribution in [3.05, 3.63) is 79.3 Å². The highest BCUT2D eigenvalue weighted by Gasteiger charge is 2.33. The lowest BCUT2D eigenvalue weighted by Crippen LogP contribution is -2.35. The summed E-state index contributed by atoms with van der Waals surface area (Å²) >= 11 is 13.9. The number of aromatic carboxylic acids is 1. The zero-order valence-electron chi connectivity index (χ0n) is 23.1. The Bertz CT molecular complexity index is 1600. The first kappa shape index (κ1) is 32.5. The van der Waals surface area contributed by atoms with Crippen molar-refractivity contribution >= 4 is 69.2 Å². The third kappa shape index (κ3) is 7.82. The summed E-state index contributed by atoms with van der Waals surface area (Å²) in [4.78, 5) is 29.5. The van der Waals surface area contributed by atoms with Gasteiger partial charge in [0, 0.05) is 36.6 Å². The van der Waals surface area contributed by atoms with Crippen molar-refractivity contribution in [2.75, 3.05) is 39.5 Å². The fourth-order valence-electron chi connectivity index (χ4n) is 4.71. The lowest BCUT2D eigenvalue weighted by molar-refractivity contribution is -0.137. The van der Waals surface area contributed by atoms with Crippen molar-refractivity contribution in [2.24, 2.45) is 0 Å². The first-order valence-corrected chi connectivity index (χ1v) is 16.0. The largest absolute Gasteiger partial charge is 0.493 e. The second-order valence-electron chi connectivity index (χ2n) is 9.98. The van der Waals surface area contributed by atoms with Crippen LogP contribution < -0.4 is 4.74 Å². The molecule has 0 saturated carbocycles. The molecule has 5 rings (SSSR count). The fourth-order valence-corrected chi connectivity index (χ4v) is 7.22. The van der Waals surface area contributed by atoms with Crippen LogP contribution in [0.3, 0.4) is 0 Å². The number of halogens is 4. The van der Waals surface area contributed by atoms with E-state index in [0.29, 0.717) is 65.4 Å². The molecule has 2 aliphatic rings. The SMILES string of the molecule is O=C(O)c1ccc(OCCCN2C(=O)/C(=C/c3cc(-c4ccc(C(F)(F)F)c(Cl)c4)cs3)SC2=S)c(CN2CCOCC2)c1. The molecule has 232 valence electrons. The third-order valence-corrected chi connectivity index (χ3v) is 9.53. The van der Waals surface area contributed by atoms with E-state index in [0.717, 1.165) is 29.6 Å². The van der Waals surface area contributed by atoms with Gasteiger partial charge < -0.3 is 14.6 Å². The van der Waals surface area contributed by atoms with Gasteiger partial charge in [-0.15, -0.1) is 11.3 Å². The predicted octanol–water partition coefficient (Wildman–Crippen LogP) is 7.29. The van der Waals surface area contributed by atoms with Gasteiger partial charge in [0.2, 0.25) is 0 Å². The van der Waals surface area contributed by atoms with Gasteiger partial charge in [0.25, 0.3) is 5.91 Å². The highest BCUT2D eigenvalue weighted by atomic mass is 35.5. The minimum atomic E-state index is -4.53. The number of nitrogens with zero attached hydrogens (tertiary/aromatic N) is 2. The van der Waals surface area contributed by atoms with Crippen LogP contribution in [0.5, 0.6) is 5.75 Å². The maximum Gasteiger partial charge on any atom is 0.417 e. The summed E-state index contributed by atoms with van der Waals surface area (Å²) in [5.74, 6) is -0.647. The first-order valence-electron chi connectivity index (χ1n) is 13.5. The molecule has 3 aromatic rings. The number of hydrogen-bond donors (Lipinski definition) is 1. The Morgan fingerprint density at radius 1 is 1.14 bits per heavy atom. The molecule has 2 saturated heterocycles. The van der Waals surface area contributed by atoms with Crippen LogP contribution in [0.25, 0.3) is 17.2 Å². The van der Waals surface area contributed by atoms with E-state index in [2.05, 4.69) is 4.90 Å². The Morgan fingerprint density at radius 3 is 2.61 bits per heavy atom. The van der Waals surface area contributed by atoms with Gasteiger partial charge in [-0.05, 0) is 65.4 Å². The van der Waals surface area contributed by atoms with Crippen molar-refractivity contribution in [1.29, 1.82) is 0 Å². The fraction of sp³-hybridized carbons (Fsp3) is 0.300. The molecule has 1 N–H and O–H groups in total. The van der Waals surface area contributed by atoms with Gasteiger partial charge in [-0.1, -0.05) is 41.6 Å². The molecule has 3 heterocycles. The van der Waals surface area contributed by atoms with Crippen LogP contribution in [0.2, 0.25) is 5.02 Å². The molecule has 1 amide bonds. The number of benzene rings is 2. The van der Waals surface area contributed by atoms with E-state index in [1.165, 1.54) is 46.2 Å². The number of carbonyl (C=O) groups excluding carboxylic acids is 1. The number of alkyl halides is 3. The molecular formula is C30H26ClF3N2O5S3. The van der Waals surface area contributed by atoms with E-state index in [9.17, 15) is 27.9 Å². The Labute approximate surface area is 270 Å². The molecule has 2 fully saturated rings. The van der Waals surface area contributed by atoms with Crippen LogP contribution >= 0.6 is 46.9 Å². The van der Waals surface area contributed by atoms with E-state index < -0.39 is 17.7 Å². The van der Waals surface area contributed by atoms with Gasteiger partial charge in [0.05, 0.1) is 40.9 Å². The van der Waals surface area contributed by atoms with E-state index in [4.69, 9.17) is 33.3 Å². The van der Waals surface area contributed by atoms with Crippen molar-refractivity contribution < 1.29 is 37.3 Å². The van der Waals surface area contributed by atoms with Crippen LogP contribution in [-0.2, 0) is 22.3 Å². The molecule has 0 unspecified atom stereocenters. The minimum Gasteiger partial charge on any atom is -0.493 e. The maximum atomic E-state index is 13.1. The lowest BCUT2D eigenvalue weighted by atomic mass is 10.1. The molecule has 2 aliphatic heterocycles. The predicted molar refractivity (Wildman–Crippen MR) is 169 cm³/mol. The number of ether oxygens (including phenoxy) is 2. The maximum absolute atomic E-state index is 13.1. The third-order valence-electron chi connectivity index (χ3n) is 6.96. The van der Waals surface area contributed by atoms with Crippen LogP contribution in [0.15, 0.2) is 52.7 Å². The second-order valence-corrected chi connectivity index (χ2v) is 13.0. The number of carboxylic acids is 1. The van der Waals surface area contributed by atoms with Crippen LogP contribution in [0.1, 0.15) is 32.8 Å². The van der Waals surface area contributed by atoms with E-state index in [1.807, 2.05) is 0 Å². The molecule has 0 bridgehead atoms. The van der Waals surface area contributed by atoms with Gasteiger partial charge in [-0.2, -0.15) is 13.2 Å². The first-order chi connectivity index (χ1) is 21.0. The van der Waals surface area contributed by atoms with Crippen molar-refractivity contribution in [2.45, 2.75) is 19.1 Å². The smallest absolute Gasteiger partial charge is 0.417 e. The highest BCUT2D eigenvalue weighted by molar-refractivity contribution is 8.26. The summed E-state index contributed by atoms with van der Waals surface area (Å²) in [5.41, 5.74) is 1.29. The number of carbonyl (C=O) groups is 2. The van der Waals surface area contributed by atoms with Gasteiger partial charge >= 0.3 is 12.1 Å². The summed E-state index contributed by atoms with van der Waals surface area (Å²) in [7, 11) is 0. The standard InChI is InChI=1S/C30H26ClF3N2O5S3/c31-24-14-18(2-4-23(24)30(32,33)34)21-13-22(43-17-21)15-26-27(37)36(29(42)44-26)6-1-9-41-25-5-3-19(28(38)39)12-20(25)16-35-7-10-40-11-8-35/h2-5,12-15,17H,1,6-11,16H2,(H,38,39)/b26-15-. The van der Waals surface area contributed by atoms with Gasteiger partial charge in [-0.25, -0.2) is 4.79 Å². The Morgan fingerprint density at radius 2 is 1.91 bits per heavy atom. The number of morpholine rings is 1. The summed E-state index contributed by atoms with van der Waals surface area (Å²) in [6.45, 7) is 3.90. The Kier molecular flexibility index (Phi) is 10.3. The molecule has 0 aliphatic carbocycles. The van der Waals surface area contributed by atoms with Crippen LogP contribution in [-0.4, -0.2) is 70.6 Å². The number of carboxylic acid groups (broad SMARTS) is 1. The topological polar surface area (TPSA) is 79.3 Å². The second kappa shape index (κ2) is 14.0. The zero-order valence-corrected chi connectivity index (χ0v) is 26.3. The van der Waals surface area contributed by atoms with Crippen LogP contribution in [0, 0.1) is 0 Å². The minimum absolute atomic E-state index is 0.186. The van der Waals surface area contributed by atoms with Crippen molar-refractivity contribution in [3.8, 4) is 16.9 Å². The Balaban J connectivity index is 1.19. The molecule has 44 heavy (non-hydrogen) atoms. The van der Waals surface area contributed by atoms with Crippen molar-refractivity contribution in [1.82, 2.24) is 9.80 Å². The molecule has 0 atom stereocenters. The normalized spacial score (nSPS) is 17.1. The zero-order chi connectivity index (χ0) is 31.4. The molecule has 2 aromatic carbocycles. The van der Waals surface area contributed by atoms with E-state index in [1.54, 1.807) is 29.7 Å². The summed E-state index contributed by atoms with van der Waals surface area (Å²) in [5, 5.41) is 10.8. The summed E-state index contributed by atoms with van der Waals surface area (Å²) in [6, 6.07) is 10.2. The monoisotopic (exact) mass is 682 g/mol.